The molecule has 0 radical (unpaired) electrons. The molecular formula is C27H37N3O2S. The number of rotatable bonds is 6. The third-order valence-electron chi connectivity index (χ3n) is 8.05. The number of benzene rings is 1. The first kappa shape index (κ1) is 24.1. The summed E-state index contributed by atoms with van der Waals surface area (Å²) in [5.74, 6) is 1.36. The van der Waals surface area contributed by atoms with Crippen LogP contribution >= 0.6 is 11.8 Å². The summed E-state index contributed by atoms with van der Waals surface area (Å²) in [5.41, 5.74) is 5.22. The Morgan fingerprint density at radius 3 is 2.79 bits per heavy atom. The van der Waals surface area contributed by atoms with E-state index in [0.717, 1.165) is 12.8 Å². The molecule has 0 bridgehead atoms. The highest BCUT2D eigenvalue weighted by Gasteiger charge is 2.51. The van der Waals surface area contributed by atoms with Crippen molar-refractivity contribution in [1.29, 1.82) is 0 Å². The molecule has 6 heteroatoms. The van der Waals surface area contributed by atoms with Gasteiger partial charge in [0.15, 0.2) is 5.16 Å². The number of aromatic nitrogens is 2. The molecule has 0 saturated heterocycles. The van der Waals surface area contributed by atoms with E-state index >= 15 is 0 Å². The van der Waals surface area contributed by atoms with Crippen molar-refractivity contribution in [2.45, 2.75) is 83.2 Å². The largest absolute Gasteiger partial charge is 0.355 e. The van der Waals surface area contributed by atoms with Gasteiger partial charge in [0.05, 0.1) is 5.75 Å². The lowest BCUT2D eigenvalue weighted by atomic mass is 9.49. The minimum absolute atomic E-state index is 0.00422. The summed E-state index contributed by atoms with van der Waals surface area (Å²) in [6.07, 6.45) is 5.86. The van der Waals surface area contributed by atoms with Crippen LogP contribution in [-0.2, 0) is 16.6 Å². The van der Waals surface area contributed by atoms with Gasteiger partial charge in [-0.05, 0) is 72.0 Å². The summed E-state index contributed by atoms with van der Waals surface area (Å²) in [6.45, 7) is 11.8. The summed E-state index contributed by atoms with van der Waals surface area (Å²) in [6, 6.07) is 8.62. The molecule has 0 aliphatic heterocycles. The number of carbonyl (C=O) groups is 1. The number of H-pyrrole nitrogens is 1. The number of thioether (sulfide) groups is 1. The fraction of sp³-hybridized carbons (Fsp3) is 0.593. The Morgan fingerprint density at radius 2 is 2.06 bits per heavy atom. The molecule has 1 amide bonds. The number of aromatic amines is 1. The first-order valence-corrected chi connectivity index (χ1v) is 13.2. The predicted octanol–water partition coefficient (Wildman–Crippen LogP) is 5.12. The summed E-state index contributed by atoms with van der Waals surface area (Å²) >= 11 is 1.28. The van der Waals surface area contributed by atoms with Crippen LogP contribution in [0.1, 0.15) is 81.7 Å². The highest BCUT2D eigenvalue weighted by atomic mass is 32.2. The van der Waals surface area contributed by atoms with E-state index in [1.54, 1.807) is 6.92 Å². The maximum absolute atomic E-state index is 12.7. The standard InChI is InChI=1S/C27H37N3O2S/c1-17(2)19-7-9-21-20(14-19)8-10-22-26(4,11-6-12-27(21,22)5)16-28-24(32)15-33-25-29-18(3)13-23(31)30-25/h7,9,13-14,17,22H,6,8,10-12,15-16H2,1-5H3,(H,28,32)(H,29,30,31). The lowest BCUT2D eigenvalue weighted by molar-refractivity contribution is -0.119. The average Bonchev–Trinajstić information content (AvgIpc) is 2.75. The van der Waals surface area contributed by atoms with Crippen molar-refractivity contribution in [3.63, 3.8) is 0 Å². The van der Waals surface area contributed by atoms with Crippen LogP contribution in [0, 0.1) is 18.3 Å². The number of nitrogens with one attached hydrogen (secondary N) is 2. The van der Waals surface area contributed by atoms with Gasteiger partial charge < -0.3 is 10.3 Å². The van der Waals surface area contributed by atoms with Gasteiger partial charge in [0.1, 0.15) is 0 Å². The molecular weight excluding hydrogens is 430 g/mol. The van der Waals surface area contributed by atoms with E-state index in [0.29, 0.717) is 29.2 Å². The van der Waals surface area contributed by atoms with Crippen molar-refractivity contribution in [3.8, 4) is 0 Å². The summed E-state index contributed by atoms with van der Waals surface area (Å²) in [7, 11) is 0. The Labute approximate surface area is 201 Å². The Hall–Kier alpha value is -2.08. The second-order valence-corrected chi connectivity index (χ2v) is 11.8. The average molecular weight is 468 g/mol. The van der Waals surface area contributed by atoms with Gasteiger partial charge in [0.2, 0.25) is 5.91 Å². The van der Waals surface area contributed by atoms with Crippen LogP contribution in [0.3, 0.4) is 0 Å². The molecule has 2 aromatic rings. The maximum atomic E-state index is 12.7. The molecule has 3 atom stereocenters. The second-order valence-electron chi connectivity index (χ2n) is 10.8. The van der Waals surface area contributed by atoms with E-state index in [2.05, 4.69) is 61.2 Å². The first-order chi connectivity index (χ1) is 15.6. The minimum atomic E-state index is -0.183. The van der Waals surface area contributed by atoms with Gasteiger partial charge in [0.25, 0.3) is 5.56 Å². The van der Waals surface area contributed by atoms with Crippen LogP contribution in [-0.4, -0.2) is 28.2 Å². The van der Waals surface area contributed by atoms with Crippen LogP contribution in [0.15, 0.2) is 34.2 Å². The maximum Gasteiger partial charge on any atom is 0.251 e. The molecule has 178 valence electrons. The third-order valence-corrected chi connectivity index (χ3v) is 8.92. The van der Waals surface area contributed by atoms with Crippen molar-refractivity contribution in [3.05, 3.63) is 57.0 Å². The number of amides is 1. The predicted molar refractivity (Wildman–Crippen MR) is 135 cm³/mol. The van der Waals surface area contributed by atoms with E-state index in [1.165, 1.54) is 53.8 Å². The summed E-state index contributed by atoms with van der Waals surface area (Å²) in [5, 5.41) is 3.71. The zero-order chi connectivity index (χ0) is 23.8. The Bertz CT molecular complexity index is 1100. The molecule has 4 rings (SSSR count). The van der Waals surface area contributed by atoms with Gasteiger partial charge in [-0.25, -0.2) is 4.98 Å². The molecule has 2 aliphatic rings. The Balaban J connectivity index is 1.44. The molecule has 33 heavy (non-hydrogen) atoms. The van der Waals surface area contributed by atoms with Gasteiger partial charge in [-0.2, -0.15) is 0 Å². The quantitative estimate of drug-likeness (QED) is 0.457. The fourth-order valence-corrected chi connectivity index (χ4v) is 7.07. The van der Waals surface area contributed by atoms with Crippen LogP contribution in [0.5, 0.6) is 0 Å². The van der Waals surface area contributed by atoms with Crippen molar-refractivity contribution in [2.75, 3.05) is 12.3 Å². The number of hydrogen-bond acceptors (Lipinski definition) is 4. The fourth-order valence-electron chi connectivity index (χ4n) is 6.32. The number of nitrogens with zero attached hydrogens (tertiary/aromatic N) is 1. The van der Waals surface area contributed by atoms with E-state index in [4.69, 9.17) is 0 Å². The van der Waals surface area contributed by atoms with Gasteiger partial charge in [-0.15, -0.1) is 0 Å². The molecule has 1 fully saturated rings. The normalized spacial score (nSPS) is 26.5. The highest BCUT2D eigenvalue weighted by molar-refractivity contribution is 7.99. The van der Waals surface area contributed by atoms with Crippen molar-refractivity contribution in [2.24, 2.45) is 11.3 Å². The number of carbonyl (C=O) groups excluding carboxylic acids is 1. The van der Waals surface area contributed by atoms with Crippen molar-refractivity contribution < 1.29 is 4.79 Å². The van der Waals surface area contributed by atoms with Gasteiger partial charge in [-0.3, -0.25) is 9.59 Å². The number of hydrogen-bond donors (Lipinski definition) is 2. The first-order valence-electron chi connectivity index (χ1n) is 12.2. The summed E-state index contributed by atoms with van der Waals surface area (Å²) in [4.78, 5) is 31.3. The van der Waals surface area contributed by atoms with Crippen molar-refractivity contribution >= 4 is 17.7 Å². The van der Waals surface area contributed by atoms with Gasteiger partial charge in [0, 0.05) is 18.3 Å². The number of fused-ring (bicyclic) bond motifs is 3. The van der Waals surface area contributed by atoms with E-state index in [9.17, 15) is 9.59 Å². The minimum Gasteiger partial charge on any atom is -0.355 e. The molecule has 5 nitrogen and oxygen atoms in total. The second kappa shape index (κ2) is 9.28. The highest BCUT2D eigenvalue weighted by Crippen LogP contribution is 2.57. The Morgan fingerprint density at radius 1 is 1.27 bits per heavy atom. The van der Waals surface area contributed by atoms with Crippen LogP contribution < -0.4 is 10.9 Å². The molecule has 1 aromatic heterocycles. The molecule has 2 aliphatic carbocycles. The van der Waals surface area contributed by atoms with Gasteiger partial charge >= 0.3 is 0 Å². The monoisotopic (exact) mass is 467 g/mol. The Kier molecular flexibility index (Phi) is 6.77. The zero-order valence-corrected chi connectivity index (χ0v) is 21.4. The van der Waals surface area contributed by atoms with Gasteiger partial charge in [-0.1, -0.05) is 64.1 Å². The molecule has 1 saturated carbocycles. The third kappa shape index (κ3) is 4.91. The molecule has 2 N–H and O–H groups in total. The molecule has 0 spiro atoms. The van der Waals surface area contributed by atoms with E-state index < -0.39 is 0 Å². The lowest BCUT2D eigenvalue weighted by Crippen LogP contribution is -2.53. The van der Waals surface area contributed by atoms with Crippen molar-refractivity contribution in [1.82, 2.24) is 15.3 Å². The van der Waals surface area contributed by atoms with E-state index in [-0.39, 0.29) is 28.0 Å². The topological polar surface area (TPSA) is 74.8 Å². The number of aryl methyl sites for hydroxylation is 2. The summed E-state index contributed by atoms with van der Waals surface area (Å²) < 4.78 is 0. The van der Waals surface area contributed by atoms with Crippen LogP contribution in [0.25, 0.3) is 0 Å². The van der Waals surface area contributed by atoms with E-state index in [1.807, 2.05) is 0 Å². The zero-order valence-electron chi connectivity index (χ0n) is 20.6. The molecule has 1 heterocycles. The SMILES string of the molecule is Cc1cc(=O)[nH]c(SCC(=O)NCC2(C)CCCC3(C)c4ccc(C(C)C)cc4CCC23)n1. The molecule has 3 unspecified atom stereocenters. The molecule has 1 aromatic carbocycles. The van der Waals surface area contributed by atoms with Crippen LogP contribution in [0.2, 0.25) is 0 Å². The van der Waals surface area contributed by atoms with Crippen LogP contribution in [0.4, 0.5) is 0 Å². The smallest absolute Gasteiger partial charge is 0.251 e. The lowest BCUT2D eigenvalue weighted by Gasteiger charge is -2.55.